The Kier molecular flexibility index (Phi) is 4.77. The van der Waals surface area contributed by atoms with E-state index in [1.807, 2.05) is 83.6 Å². The molecule has 2 aromatic heterocycles. The summed E-state index contributed by atoms with van der Waals surface area (Å²) < 4.78 is 4.07. The van der Waals surface area contributed by atoms with E-state index >= 15 is 0 Å². The van der Waals surface area contributed by atoms with Gasteiger partial charge in [-0.25, -0.2) is 0 Å². The molecule has 0 aliphatic carbocycles. The van der Waals surface area contributed by atoms with Crippen molar-refractivity contribution in [2.24, 2.45) is 0 Å². The molecule has 0 N–H and O–H groups in total. The number of hydrogen-bond acceptors (Lipinski definition) is 6. The molecule has 130 valence electrons. The Balaban J connectivity index is 1.62. The average molecular weight is 381 g/mol. The molecule has 0 unspecified atom stereocenters. The highest BCUT2D eigenvalue weighted by Gasteiger charge is 2.16. The second-order valence-corrected chi connectivity index (χ2v) is 7.63. The van der Waals surface area contributed by atoms with Crippen molar-refractivity contribution in [3.8, 4) is 11.4 Å². The van der Waals surface area contributed by atoms with Crippen LogP contribution in [0.15, 0.2) is 71.0 Å². The Labute approximate surface area is 159 Å². The van der Waals surface area contributed by atoms with Crippen LogP contribution in [0, 0.1) is 13.8 Å². The molecular formula is C18H16N6S2. The van der Waals surface area contributed by atoms with Gasteiger partial charge < -0.3 is 0 Å². The summed E-state index contributed by atoms with van der Waals surface area (Å²) in [6, 6.07) is 20.2. The van der Waals surface area contributed by atoms with Crippen LogP contribution in [0.3, 0.4) is 0 Å². The zero-order valence-electron chi connectivity index (χ0n) is 14.3. The van der Waals surface area contributed by atoms with E-state index < -0.39 is 0 Å². The second kappa shape index (κ2) is 7.35. The Bertz CT molecular complexity index is 927. The van der Waals surface area contributed by atoms with Gasteiger partial charge in [0.25, 0.3) is 0 Å². The van der Waals surface area contributed by atoms with Crippen LogP contribution in [-0.2, 0) is 0 Å². The maximum atomic E-state index is 4.31. The molecular weight excluding hydrogens is 364 g/mol. The third-order valence-electron chi connectivity index (χ3n) is 3.81. The summed E-state index contributed by atoms with van der Waals surface area (Å²) in [6.07, 6.45) is 0. The number of hydrogen-bond donors (Lipinski definition) is 0. The topological polar surface area (TPSA) is 61.4 Å². The third-order valence-corrected chi connectivity index (χ3v) is 5.86. The fraction of sp³-hybridized carbons (Fsp3) is 0.111. The lowest BCUT2D eigenvalue weighted by molar-refractivity contribution is 0.867. The molecule has 0 spiro atoms. The van der Waals surface area contributed by atoms with Gasteiger partial charge >= 0.3 is 0 Å². The molecule has 0 amide bonds. The maximum Gasteiger partial charge on any atom is 0.206 e. The molecule has 0 saturated carbocycles. The lowest BCUT2D eigenvalue weighted by atomic mass is 10.3. The minimum absolute atomic E-state index is 0.805. The fourth-order valence-electron chi connectivity index (χ4n) is 2.62. The predicted octanol–water partition coefficient (Wildman–Crippen LogP) is 4.26. The van der Waals surface area contributed by atoms with Gasteiger partial charge in [-0.05, 0) is 59.7 Å². The molecule has 0 fully saturated rings. The zero-order valence-corrected chi connectivity index (χ0v) is 15.9. The summed E-state index contributed by atoms with van der Waals surface area (Å²) in [4.78, 5) is 0. The zero-order chi connectivity index (χ0) is 17.9. The van der Waals surface area contributed by atoms with Gasteiger partial charge in [0.05, 0.1) is 0 Å². The van der Waals surface area contributed by atoms with E-state index in [9.17, 15) is 0 Å². The largest absolute Gasteiger partial charge is 0.274 e. The van der Waals surface area contributed by atoms with Crippen LogP contribution in [-0.4, -0.2) is 29.5 Å². The normalized spacial score (nSPS) is 11.0. The first-order chi connectivity index (χ1) is 12.7. The van der Waals surface area contributed by atoms with Crippen molar-refractivity contribution < 1.29 is 0 Å². The summed E-state index contributed by atoms with van der Waals surface area (Å²) in [7, 11) is 3.04. The highest BCUT2D eigenvalue weighted by atomic mass is 33.1. The molecule has 0 aliphatic heterocycles. The van der Waals surface area contributed by atoms with E-state index in [1.165, 1.54) is 21.6 Å². The molecule has 26 heavy (non-hydrogen) atoms. The number of aryl methyl sites for hydroxylation is 2. The Morgan fingerprint density at radius 1 is 0.577 bits per heavy atom. The maximum absolute atomic E-state index is 4.31. The van der Waals surface area contributed by atoms with Crippen molar-refractivity contribution in [3.63, 3.8) is 0 Å². The lowest BCUT2D eigenvalue weighted by Gasteiger charge is -2.09. The van der Waals surface area contributed by atoms with Gasteiger partial charge in [-0.15, -0.1) is 20.4 Å². The van der Waals surface area contributed by atoms with Crippen molar-refractivity contribution in [1.29, 1.82) is 0 Å². The SMILES string of the molecule is Cc1nnc(SSc2nnc(C)n2-c2ccccc2)n1-c1ccccc1. The van der Waals surface area contributed by atoms with Crippen molar-refractivity contribution in [1.82, 2.24) is 29.5 Å². The van der Waals surface area contributed by atoms with E-state index in [2.05, 4.69) is 20.4 Å². The molecule has 0 saturated heterocycles. The van der Waals surface area contributed by atoms with Crippen LogP contribution in [0.25, 0.3) is 11.4 Å². The molecule has 0 radical (unpaired) electrons. The van der Waals surface area contributed by atoms with Gasteiger partial charge in [0.1, 0.15) is 11.6 Å². The van der Waals surface area contributed by atoms with Crippen molar-refractivity contribution in [2.45, 2.75) is 24.2 Å². The molecule has 4 aromatic rings. The molecule has 2 heterocycles. The van der Waals surface area contributed by atoms with Gasteiger partial charge in [-0.3, -0.25) is 9.13 Å². The Hall–Kier alpha value is -2.58. The molecule has 6 nitrogen and oxygen atoms in total. The molecule has 2 aromatic carbocycles. The van der Waals surface area contributed by atoms with Crippen LogP contribution in [0.1, 0.15) is 11.6 Å². The summed E-state index contributed by atoms with van der Waals surface area (Å²) in [5.41, 5.74) is 2.08. The second-order valence-electron chi connectivity index (χ2n) is 5.57. The van der Waals surface area contributed by atoms with Crippen molar-refractivity contribution in [3.05, 3.63) is 72.3 Å². The van der Waals surface area contributed by atoms with Gasteiger partial charge in [0, 0.05) is 11.4 Å². The Morgan fingerprint density at radius 2 is 0.962 bits per heavy atom. The van der Waals surface area contributed by atoms with Crippen LogP contribution in [0.5, 0.6) is 0 Å². The predicted molar refractivity (Wildman–Crippen MR) is 104 cm³/mol. The minimum Gasteiger partial charge on any atom is -0.274 e. The third kappa shape index (κ3) is 3.25. The standard InChI is InChI=1S/C18H16N6S2/c1-13-19-21-17(23(13)15-9-5-3-6-10-15)25-26-18-22-20-14(2)24(18)16-11-7-4-8-12-16/h3-12H,1-2H3. The molecule has 0 aliphatic rings. The van der Waals surface area contributed by atoms with Crippen LogP contribution < -0.4 is 0 Å². The lowest BCUT2D eigenvalue weighted by Crippen LogP contribution is -1.99. The molecule has 8 heteroatoms. The van der Waals surface area contributed by atoms with Gasteiger partial charge in [-0.2, -0.15) is 0 Å². The fourth-order valence-corrected chi connectivity index (χ4v) is 4.63. The van der Waals surface area contributed by atoms with Crippen LogP contribution in [0.2, 0.25) is 0 Å². The monoisotopic (exact) mass is 380 g/mol. The smallest absolute Gasteiger partial charge is 0.206 e. The van der Waals surface area contributed by atoms with Crippen molar-refractivity contribution in [2.75, 3.05) is 0 Å². The van der Waals surface area contributed by atoms with Crippen LogP contribution in [0.4, 0.5) is 0 Å². The summed E-state index contributed by atoms with van der Waals surface area (Å²) in [5.74, 6) is 1.69. The summed E-state index contributed by atoms with van der Waals surface area (Å²) in [6.45, 7) is 3.90. The number of aromatic nitrogens is 6. The first kappa shape index (κ1) is 16.9. The minimum atomic E-state index is 0.805. The van der Waals surface area contributed by atoms with Crippen LogP contribution >= 0.6 is 21.6 Å². The number of benzene rings is 2. The Morgan fingerprint density at radius 3 is 1.35 bits per heavy atom. The average Bonchev–Trinajstić information content (AvgIpc) is 3.23. The number of nitrogens with zero attached hydrogens (tertiary/aromatic N) is 6. The first-order valence-corrected chi connectivity index (χ1v) is 10.2. The molecule has 0 atom stereocenters. The summed E-state index contributed by atoms with van der Waals surface area (Å²) >= 11 is 0. The number of para-hydroxylation sites is 2. The molecule has 4 rings (SSSR count). The van der Waals surface area contributed by atoms with E-state index in [1.54, 1.807) is 0 Å². The van der Waals surface area contributed by atoms with E-state index in [-0.39, 0.29) is 0 Å². The summed E-state index contributed by atoms with van der Waals surface area (Å²) in [5, 5.41) is 18.7. The van der Waals surface area contributed by atoms with E-state index in [0.717, 1.165) is 33.3 Å². The van der Waals surface area contributed by atoms with Gasteiger partial charge in [-0.1, -0.05) is 36.4 Å². The van der Waals surface area contributed by atoms with E-state index in [4.69, 9.17) is 0 Å². The van der Waals surface area contributed by atoms with Gasteiger partial charge in [0.15, 0.2) is 0 Å². The first-order valence-electron chi connectivity index (χ1n) is 8.03. The van der Waals surface area contributed by atoms with Crippen molar-refractivity contribution >= 4 is 21.6 Å². The highest BCUT2D eigenvalue weighted by molar-refractivity contribution is 8.76. The van der Waals surface area contributed by atoms with Gasteiger partial charge in [0.2, 0.25) is 10.3 Å². The quantitative estimate of drug-likeness (QED) is 0.482. The highest BCUT2D eigenvalue weighted by Crippen LogP contribution is 2.37. The van der Waals surface area contributed by atoms with E-state index in [0.29, 0.717) is 0 Å². The number of rotatable bonds is 5. The molecule has 0 bridgehead atoms.